The summed E-state index contributed by atoms with van der Waals surface area (Å²) in [7, 11) is 0. The molecule has 3 aliphatic heterocycles. The first-order valence-corrected chi connectivity index (χ1v) is 5.65. The van der Waals surface area contributed by atoms with Crippen LogP contribution in [0.4, 0.5) is 5.69 Å². The topological polar surface area (TPSA) is 32.5 Å². The van der Waals surface area contributed by atoms with E-state index in [0.29, 0.717) is 6.04 Å². The highest BCUT2D eigenvalue weighted by Crippen LogP contribution is 2.29. The zero-order valence-corrected chi connectivity index (χ0v) is 8.89. The second-order valence-electron chi connectivity index (χ2n) is 4.52. The number of nitrogen functional groups attached to an aromatic ring is 1. The molecule has 3 nitrogen and oxygen atoms in total. The van der Waals surface area contributed by atoms with E-state index in [1.54, 1.807) is 0 Å². The maximum Gasteiger partial charge on any atom is 0.0477 e. The molecule has 80 valence electrons. The monoisotopic (exact) mass is 203 g/mol. The van der Waals surface area contributed by atoms with Crippen LogP contribution in [0.25, 0.3) is 0 Å². The summed E-state index contributed by atoms with van der Waals surface area (Å²) >= 11 is 0. The summed E-state index contributed by atoms with van der Waals surface area (Å²) in [5, 5.41) is 0. The summed E-state index contributed by atoms with van der Waals surface area (Å²) in [6.07, 6.45) is 0. The summed E-state index contributed by atoms with van der Waals surface area (Å²) in [4.78, 5) is 5.13. The fourth-order valence-corrected chi connectivity index (χ4v) is 2.70. The fourth-order valence-electron chi connectivity index (χ4n) is 2.70. The van der Waals surface area contributed by atoms with Crippen LogP contribution in [0.2, 0.25) is 0 Å². The van der Waals surface area contributed by atoms with Gasteiger partial charge >= 0.3 is 0 Å². The van der Waals surface area contributed by atoms with Gasteiger partial charge in [-0.2, -0.15) is 0 Å². The highest BCUT2D eigenvalue weighted by Gasteiger charge is 2.32. The van der Waals surface area contributed by atoms with Gasteiger partial charge in [-0.25, -0.2) is 0 Å². The van der Waals surface area contributed by atoms with Crippen molar-refractivity contribution >= 4 is 5.69 Å². The Morgan fingerprint density at radius 1 is 1.13 bits per heavy atom. The maximum atomic E-state index is 5.83. The van der Waals surface area contributed by atoms with Crippen LogP contribution in [-0.2, 0) is 0 Å². The van der Waals surface area contributed by atoms with Crippen molar-refractivity contribution in [3.05, 3.63) is 29.8 Å². The molecule has 0 spiro atoms. The molecule has 3 heteroatoms. The summed E-state index contributed by atoms with van der Waals surface area (Å²) in [6, 6.07) is 8.90. The second kappa shape index (κ2) is 3.51. The van der Waals surface area contributed by atoms with E-state index in [0.717, 1.165) is 5.69 Å². The number of nitrogens with zero attached hydrogens (tertiary/aromatic N) is 2. The highest BCUT2D eigenvalue weighted by molar-refractivity contribution is 5.42. The molecule has 3 heterocycles. The predicted octanol–water partition coefficient (Wildman–Crippen LogP) is 0.941. The van der Waals surface area contributed by atoms with Gasteiger partial charge in [-0.3, -0.25) is 9.80 Å². The molecular formula is C12H17N3. The van der Waals surface area contributed by atoms with Crippen molar-refractivity contribution in [2.45, 2.75) is 6.04 Å². The molecule has 0 aliphatic carbocycles. The third-order valence-electron chi connectivity index (χ3n) is 3.57. The van der Waals surface area contributed by atoms with Crippen molar-refractivity contribution in [1.29, 1.82) is 0 Å². The first-order valence-electron chi connectivity index (χ1n) is 5.65. The summed E-state index contributed by atoms with van der Waals surface area (Å²) in [5.41, 5.74) is 8.09. The Morgan fingerprint density at radius 3 is 2.53 bits per heavy atom. The van der Waals surface area contributed by atoms with Gasteiger partial charge in [-0.1, -0.05) is 12.1 Å². The van der Waals surface area contributed by atoms with E-state index in [1.807, 2.05) is 6.07 Å². The summed E-state index contributed by atoms with van der Waals surface area (Å²) in [6.45, 7) is 6.06. The Hall–Kier alpha value is -1.06. The molecule has 1 aromatic carbocycles. The minimum atomic E-state index is 0.566. The van der Waals surface area contributed by atoms with E-state index in [-0.39, 0.29) is 0 Å². The molecule has 15 heavy (non-hydrogen) atoms. The first-order chi connectivity index (χ1) is 7.33. The standard InChI is InChI=1S/C12H17N3/c13-11-3-1-2-10(8-11)12-9-14-4-6-15(12)7-5-14/h1-3,8,12H,4-7,9,13H2. The van der Waals surface area contributed by atoms with Gasteiger partial charge in [0.1, 0.15) is 0 Å². The SMILES string of the molecule is Nc1cccc(C2CN3CCN2CC3)c1. The molecule has 0 amide bonds. The minimum absolute atomic E-state index is 0.566. The molecule has 2 N–H and O–H groups in total. The molecule has 1 atom stereocenters. The molecule has 1 aromatic rings. The van der Waals surface area contributed by atoms with E-state index in [9.17, 15) is 0 Å². The molecule has 2 bridgehead atoms. The Morgan fingerprint density at radius 2 is 1.93 bits per heavy atom. The number of fused-ring (bicyclic) bond motifs is 3. The Bertz CT molecular complexity index is 356. The van der Waals surface area contributed by atoms with Gasteiger partial charge in [-0.15, -0.1) is 0 Å². The Kier molecular flexibility index (Phi) is 2.15. The van der Waals surface area contributed by atoms with Gasteiger partial charge in [0.05, 0.1) is 0 Å². The van der Waals surface area contributed by atoms with E-state index < -0.39 is 0 Å². The largest absolute Gasteiger partial charge is 0.399 e. The normalized spacial score (nSPS) is 34.3. The van der Waals surface area contributed by atoms with Crippen LogP contribution < -0.4 is 5.73 Å². The molecule has 0 radical (unpaired) electrons. The smallest absolute Gasteiger partial charge is 0.0477 e. The van der Waals surface area contributed by atoms with Crippen molar-refractivity contribution in [3.63, 3.8) is 0 Å². The van der Waals surface area contributed by atoms with Crippen LogP contribution in [0, 0.1) is 0 Å². The van der Waals surface area contributed by atoms with E-state index in [1.165, 1.54) is 38.3 Å². The van der Waals surface area contributed by atoms with Crippen molar-refractivity contribution < 1.29 is 0 Å². The lowest BCUT2D eigenvalue weighted by Crippen LogP contribution is -2.56. The molecule has 4 rings (SSSR count). The van der Waals surface area contributed by atoms with Gasteiger partial charge < -0.3 is 5.73 Å². The summed E-state index contributed by atoms with van der Waals surface area (Å²) in [5.74, 6) is 0. The second-order valence-corrected chi connectivity index (χ2v) is 4.52. The fraction of sp³-hybridized carbons (Fsp3) is 0.500. The molecule has 3 aliphatic rings. The zero-order valence-electron chi connectivity index (χ0n) is 8.89. The van der Waals surface area contributed by atoms with Crippen molar-refractivity contribution in [3.8, 4) is 0 Å². The van der Waals surface area contributed by atoms with Crippen LogP contribution in [-0.4, -0.2) is 42.5 Å². The molecule has 1 unspecified atom stereocenters. The zero-order chi connectivity index (χ0) is 10.3. The Labute approximate surface area is 90.5 Å². The molecule has 0 saturated carbocycles. The minimum Gasteiger partial charge on any atom is -0.399 e. The highest BCUT2D eigenvalue weighted by atomic mass is 15.3. The van der Waals surface area contributed by atoms with Gasteiger partial charge in [-0.05, 0) is 17.7 Å². The number of hydrogen-bond donors (Lipinski definition) is 1. The molecule has 3 saturated heterocycles. The predicted molar refractivity (Wildman–Crippen MR) is 61.6 cm³/mol. The molecular weight excluding hydrogens is 186 g/mol. The van der Waals surface area contributed by atoms with Gasteiger partial charge in [0.15, 0.2) is 0 Å². The lowest BCUT2D eigenvalue weighted by molar-refractivity contribution is 0.0124. The lowest BCUT2D eigenvalue weighted by atomic mass is 9.99. The molecule has 3 fully saturated rings. The lowest BCUT2D eigenvalue weighted by Gasteiger charge is -2.47. The van der Waals surface area contributed by atoms with Gasteiger partial charge in [0.2, 0.25) is 0 Å². The first kappa shape index (κ1) is 9.19. The number of nitrogens with two attached hydrogens (primary N) is 1. The van der Waals surface area contributed by atoms with Crippen LogP contribution >= 0.6 is 0 Å². The van der Waals surface area contributed by atoms with Gasteiger partial charge in [0.25, 0.3) is 0 Å². The number of hydrogen-bond acceptors (Lipinski definition) is 3. The van der Waals surface area contributed by atoms with Gasteiger partial charge in [0, 0.05) is 44.5 Å². The van der Waals surface area contributed by atoms with Crippen molar-refractivity contribution in [2.75, 3.05) is 38.5 Å². The van der Waals surface area contributed by atoms with Crippen LogP contribution in [0.3, 0.4) is 0 Å². The Balaban J connectivity index is 1.88. The number of benzene rings is 1. The third kappa shape index (κ3) is 1.62. The van der Waals surface area contributed by atoms with Crippen LogP contribution in [0.15, 0.2) is 24.3 Å². The van der Waals surface area contributed by atoms with E-state index in [4.69, 9.17) is 5.73 Å². The maximum absolute atomic E-state index is 5.83. The average molecular weight is 203 g/mol. The number of anilines is 1. The van der Waals surface area contributed by atoms with Crippen LogP contribution in [0.5, 0.6) is 0 Å². The van der Waals surface area contributed by atoms with Crippen LogP contribution in [0.1, 0.15) is 11.6 Å². The van der Waals surface area contributed by atoms with Crippen molar-refractivity contribution in [1.82, 2.24) is 9.80 Å². The quantitative estimate of drug-likeness (QED) is 0.689. The molecule has 0 aromatic heterocycles. The van der Waals surface area contributed by atoms with E-state index in [2.05, 4.69) is 28.0 Å². The average Bonchev–Trinajstić information content (AvgIpc) is 2.30. The third-order valence-corrected chi connectivity index (χ3v) is 3.57. The number of piperazine rings is 3. The van der Waals surface area contributed by atoms with Crippen molar-refractivity contribution in [2.24, 2.45) is 0 Å². The number of rotatable bonds is 1. The summed E-state index contributed by atoms with van der Waals surface area (Å²) < 4.78 is 0. The van der Waals surface area contributed by atoms with E-state index >= 15 is 0 Å².